The topological polar surface area (TPSA) is 16.4 Å². The fraction of sp³-hybridized carbons (Fsp3) is 0. The number of furan rings is 1. The lowest BCUT2D eigenvalue weighted by atomic mass is 9.96. The first-order valence-corrected chi connectivity index (χ1v) is 20.5. The molecule has 0 bridgehead atoms. The van der Waals surface area contributed by atoms with Crippen molar-refractivity contribution in [1.82, 2.24) is 0 Å². The van der Waals surface area contributed by atoms with E-state index in [1.807, 2.05) is 6.07 Å². The molecule has 1 heterocycles. The molecule has 0 fully saturated rings. The Hall–Kier alpha value is -7.94. The molecule has 10 aromatic carbocycles. The van der Waals surface area contributed by atoms with Crippen molar-refractivity contribution in [2.75, 3.05) is 4.90 Å². The van der Waals surface area contributed by atoms with Gasteiger partial charge in [-0.05, 0) is 109 Å². The highest BCUT2D eigenvalue weighted by Gasteiger charge is 2.18. The van der Waals surface area contributed by atoms with Crippen LogP contribution in [0.5, 0.6) is 0 Å². The minimum absolute atomic E-state index is 0.901. The highest BCUT2D eigenvalue weighted by molar-refractivity contribution is 6.22. The van der Waals surface area contributed by atoms with Gasteiger partial charge in [0.05, 0.1) is 0 Å². The number of hydrogen-bond donors (Lipinski definition) is 0. The molecule has 0 N–H and O–H groups in total. The number of para-hydroxylation sites is 1. The van der Waals surface area contributed by atoms with Gasteiger partial charge in [0.15, 0.2) is 0 Å². The Morgan fingerprint density at radius 1 is 0.283 bits per heavy atom. The molecule has 11 rings (SSSR count). The number of nitrogens with zero attached hydrogens (tertiary/aromatic N) is 1. The summed E-state index contributed by atoms with van der Waals surface area (Å²) in [6.45, 7) is 0. The van der Waals surface area contributed by atoms with Gasteiger partial charge in [-0.25, -0.2) is 0 Å². The van der Waals surface area contributed by atoms with Crippen LogP contribution in [0.15, 0.2) is 241 Å². The van der Waals surface area contributed by atoms with E-state index in [4.69, 9.17) is 4.42 Å². The average molecular weight is 766 g/mol. The average Bonchev–Trinajstić information content (AvgIpc) is 3.73. The Morgan fingerprint density at radius 3 is 1.30 bits per heavy atom. The van der Waals surface area contributed by atoms with Crippen molar-refractivity contribution in [1.29, 1.82) is 0 Å². The lowest BCUT2D eigenvalue weighted by Gasteiger charge is -2.26. The molecule has 0 aliphatic rings. The smallest absolute Gasteiger partial charge is 0.143 e. The Labute approximate surface area is 349 Å². The molecule has 0 saturated carbocycles. The zero-order valence-corrected chi connectivity index (χ0v) is 32.9. The molecule has 0 radical (unpaired) electrons. The summed E-state index contributed by atoms with van der Waals surface area (Å²) < 4.78 is 6.62. The molecule has 11 aromatic rings. The van der Waals surface area contributed by atoms with Gasteiger partial charge in [0.25, 0.3) is 0 Å². The summed E-state index contributed by atoms with van der Waals surface area (Å²) >= 11 is 0. The molecule has 0 aliphatic heterocycles. The third kappa shape index (κ3) is 6.51. The van der Waals surface area contributed by atoms with Crippen LogP contribution in [0.25, 0.3) is 88.3 Å². The second-order valence-corrected chi connectivity index (χ2v) is 15.3. The number of hydrogen-bond acceptors (Lipinski definition) is 2. The largest absolute Gasteiger partial charge is 0.455 e. The highest BCUT2D eigenvalue weighted by Crippen LogP contribution is 2.43. The molecular weight excluding hydrogens is 727 g/mol. The molecule has 60 heavy (non-hydrogen) atoms. The van der Waals surface area contributed by atoms with Gasteiger partial charge in [0.1, 0.15) is 11.2 Å². The summed E-state index contributed by atoms with van der Waals surface area (Å²) in [5, 5.41) is 4.70. The molecule has 0 saturated heterocycles. The lowest BCUT2D eigenvalue weighted by Crippen LogP contribution is -2.10. The van der Waals surface area contributed by atoms with E-state index in [1.54, 1.807) is 0 Å². The minimum atomic E-state index is 0.901. The summed E-state index contributed by atoms with van der Waals surface area (Å²) in [7, 11) is 0. The zero-order chi connectivity index (χ0) is 39.8. The van der Waals surface area contributed by atoms with Gasteiger partial charge in [-0.2, -0.15) is 0 Å². The molecule has 0 amide bonds. The Balaban J connectivity index is 0.986. The fourth-order valence-electron chi connectivity index (χ4n) is 8.62. The number of benzene rings is 10. The number of rotatable bonds is 8. The van der Waals surface area contributed by atoms with E-state index in [1.165, 1.54) is 49.7 Å². The van der Waals surface area contributed by atoms with Gasteiger partial charge in [0, 0.05) is 33.4 Å². The maximum absolute atomic E-state index is 6.62. The summed E-state index contributed by atoms with van der Waals surface area (Å²) in [4.78, 5) is 2.35. The molecule has 1 aromatic heterocycles. The van der Waals surface area contributed by atoms with Gasteiger partial charge >= 0.3 is 0 Å². The van der Waals surface area contributed by atoms with Crippen LogP contribution in [0.1, 0.15) is 0 Å². The van der Waals surface area contributed by atoms with Crippen molar-refractivity contribution in [3.8, 4) is 55.6 Å². The predicted octanol–water partition coefficient (Wildman–Crippen LogP) is 16.5. The lowest BCUT2D eigenvalue weighted by molar-refractivity contribution is 0.670. The molecule has 2 heteroatoms. The molecule has 2 nitrogen and oxygen atoms in total. The van der Waals surface area contributed by atoms with Crippen LogP contribution < -0.4 is 4.90 Å². The van der Waals surface area contributed by atoms with Gasteiger partial charge in [-0.15, -0.1) is 0 Å². The Kier molecular flexibility index (Phi) is 8.87. The van der Waals surface area contributed by atoms with Crippen molar-refractivity contribution in [3.63, 3.8) is 0 Å². The third-order valence-corrected chi connectivity index (χ3v) is 11.7. The summed E-state index contributed by atoms with van der Waals surface area (Å²) in [5.74, 6) is 0. The van der Waals surface area contributed by atoms with Crippen LogP contribution in [-0.4, -0.2) is 0 Å². The standard InChI is InChI=1S/C58H39NO/c1-3-12-40(13-4-1)42-22-24-44(25-23-42)45-30-34-50(35-31-45)59(52-18-11-17-48(38-52)46-28-26-43(27-29-46)41-14-5-2-6-15-41)51-36-32-47(33-37-51)55-39-49-16-7-8-19-53(49)57-54-20-9-10-21-56(54)60-58(55)57/h1-39H. The second kappa shape index (κ2) is 15.1. The summed E-state index contributed by atoms with van der Waals surface area (Å²) in [5.41, 5.74) is 16.8. The van der Waals surface area contributed by atoms with E-state index in [0.29, 0.717) is 0 Å². The van der Waals surface area contributed by atoms with E-state index < -0.39 is 0 Å². The first-order valence-electron chi connectivity index (χ1n) is 20.5. The monoisotopic (exact) mass is 765 g/mol. The number of anilines is 3. The van der Waals surface area contributed by atoms with Gasteiger partial charge in [-0.3, -0.25) is 0 Å². The van der Waals surface area contributed by atoms with Gasteiger partial charge < -0.3 is 9.32 Å². The van der Waals surface area contributed by atoms with E-state index >= 15 is 0 Å². The molecule has 0 unspecified atom stereocenters. The van der Waals surface area contributed by atoms with Crippen molar-refractivity contribution in [2.45, 2.75) is 0 Å². The molecule has 0 atom stereocenters. The van der Waals surface area contributed by atoms with Crippen LogP contribution in [0.4, 0.5) is 17.1 Å². The molecule has 282 valence electrons. The van der Waals surface area contributed by atoms with Crippen molar-refractivity contribution in [3.05, 3.63) is 237 Å². The summed E-state index contributed by atoms with van der Waals surface area (Å²) in [6.07, 6.45) is 0. The molecular formula is C58H39NO. The fourth-order valence-corrected chi connectivity index (χ4v) is 8.62. The van der Waals surface area contributed by atoms with Crippen LogP contribution in [0.2, 0.25) is 0 Å². The van der Waals surface area contributed by atoms with Gasteiger partial charge in [-0.1, -0.05) is 188 Å². The molecule has 0 aliphatic carbocycles. The van der Waals surface area contributed by atoms with Crippen LogP contribution in [0, 0.1) is 0 Å². The predicted molar refractivity (Wildman–Crippen MR) is 253 cm³/mol. The first kappa shape index (κ1) is 35.2. The highest BCUT2D eigenvalue weighted by atomic mass is 16.3. The van der Waals surface area contributed by atoms with Crippen LogP contribution >= 0.6 is 0 Å². The van der Waals surface area contributed by atoms with Crippen molar-refractivity contribution < 1.29 is 4.42 Å². The normalized spacial score (nSPS) is 11.3. The van der Waals surface area contributed by atoms with E-state index in [2.05, 4.69) is 235 Å². The van der Waals surface area contributed by atoms with Crippen molar-refractivity contribution >= 4 is 49.8 Å². The zero-order valence-electron chi connectivity index (χ0n) is 32.9. The SMILES string of the molecule is c1ccc(-c2ccc(-c3ccc(N(c4ccc(-c5cc6ccccc6c6c5oc5ccccc56)cc4)c4cccc(-c5ccc(-c6ccccc6)cc5)c4)cc3)cc2)cc1. The van der Waals surface area contributed by atoms with E-state index in [9.17, 15) is 0 Å². The number of fused-ring (bicyclic) bond motifs is 5. The third-order valence-electron chi connectivity index (χ3n) is 11.7. The van der Waals surface area contributed by atoms with Crippen LogP contribution in [0.3, 0.4) is 0 Å². The maximum Gasteiger partial charge on any atom is 0.143 e. The van der Waals surface area contributed by atoms with E-state index in [-0.39, 0.29) is 0 Å². The van der Waals surface area contributed by atoms with Crippen molar-refractivity contribution in [2.24, 2.45) is 0 Å². The van der Waals surface area contributed by atoms with Crippen LogP contribution in [-0.2, 0) is 0 Å². The Morgan fingerprint density at radius 2 is 0.717 bits per heavy atom. The first-order chi connectivity index (χ1) is 29.7. The second-order valence-electron chi connectivity index (χ2n) is 15.3. The van der Waals surface area contributed by atoms with E-state index in [0.717, 1.165) is 55.7 Å². The Bertz CT molecular complexity index is 3260. The quantitative estimate of drug-likeness (QED) is 0.153. The van der Waals surface area contributed by atoms with Gasteiger partial charge in [0.2, 0.25) is 0 Å². The summed E-state index contributed by atoms with van der Waals surface area (Å²) in [6, 6.07) is 84.7. The molecule has 0 spiro atoms. The minimum Gasteiger partial charge on any atom is -0.455 e. The maximum atomic E-state index is 6.62.